The van der Waals surface area contributed by atoms with Gasteiger partial charge in [0.15, 0.2) is 5.13 Å². The fourth-order valence-electron chi connectivity index (χ4n) is 3.06. The predicted octanol–water partition coefficient (Wildman–Crippen LogP) is 5.12. The number of hydrogen-bond acceptors (Lipinski definition) is 4. The number of halogens is 2. The first-order chi connectivity index (χ1) is 12.6. The molecule has 2 aromatic carbocycles. The minimum absolute atomic E-state index is 0.0789. The van der Waals surface area contributed by atoms with Crippen molar-refractivity contribution >= 4 is 51.3 Å². The van der Waals surface area contributed by atoms with Crippen LogP contribution in [0.3, 0.4) is 0 Å². The van der Waals surface area contributed by atoms with Crippen LogP contribution in [0.4, 0.5) is 10.8 Å². The van der Waals surface area contributed by atoms with Crippen molar-refractivity contribution in [3.63, 3.8) is 0 Å². The van der Waals surface area contributed by atoms with Gasteiger partial charge in [-0.2, -0.15) is 0 Å². The van der Waals surface area contributed by atoms with Crippen LogP contribution in [-0.2, 0) is 11.2 Å². The Balaban J connectivity index is 1.44. The van der Waals surface area contributed by atoms with Gasteiger partial charge in [-0.15, -0.1) is 11.3 Å². The summed E-state index contributed by atoms with van der Waals surface area (Å²) in [6, 6.07) is 13.5. The maximum atomic E-state index is 12.4. The van der Waals surface area contributed by atoms with Gasteiger partial charge in [0.05, 0.1) is 17.3 Å². The topological polar surface area (TPSA) is 45.2 Å². The van der Waals surface area contributed by atoms with Crippen LogP contribution in [0.5, 0.6) is 0 Å². The fraction of sp³-hybridized carbons (Fsp3) is 0.158. The van der Waals surface area contributed by atoms with E-state index in [-0.39, 0.29) is 5.91 Å². The Kier molecular flexibility index (Phi) is 4.85. The molecule has 4 nitrogen and oxygen atoms in total. The summed E-state index contributed by atoms with van der Waals surface area (Å²) >= 11 is 13.5. The molecule has 0 bridgehead atoms. The molecular formula is C19H15Cl2N3OS. The molecule has 1 aliphatic heterocycles. The van der Waals surface area contributed by atoms with Crippen molar-refractivity contribution in [1.82, 2.24) is 4.98 Å². The summed E-state index contributed by atoms with van der Waals surface area (Å²) < 4.78 is 0. The highest BCUT2D eigenvalue weighted by atomic mass is 35.5. The number of hydrogen-bond donors (Lipinski definition) is 1. The maximum absolute atomic E-state index is 12.4. The Morgan fingerprint density at radius 3 is 2.92 bits per heavy atom. The second-order valence-electron chi connectivity index (χ2n) is 6.01. The Bertz CT molecular complexity index is 973. The molecule has 0 radical (unpaired) electrons. The van der Waals surface area contributed by atoms with Crippen LogP contribution in [0, 0.1) is 0 Å². The maximum Gasteiger partial charge on any atom is 0.245 e. The number of fused-ring (bicyclic) bond motifs is 1. The molecule has 3 aromatic rings. The first kappa shape index (κ1) is 17.3. The lowest BCUT2D eigenvalue weighted by Gasteiger charge is -2.18. The number of benzene rings is 2. The monoisotopic (exact) mass is 403 g/mol. The minimum atomic E-state index is -0.0789. The number of rotatable bonds is 4. The van der Waals surface area contributed by atoms with E-state index in [9.17, 15) is 4.79 Å². The third-order valence-corrected chi connectivity index (χ3v) is 5.58. The summed E-state index contributed by atoms with van der Waals surface area (Å²) in [5.41, 5.74) is 3.93. The van der Waals surface area contributed by atoms with E-state index in [1.807, 2.05) is 23.6 Å². The second-order valence-corrected chi connectivity index (χ2v) is 7.71. The van der Waals surface area contributed by atoms with Gasteiger partial charge >= 0.3 is 0 Å². The first-order valence-corrected chi connectivity index (χ1v) is 9.77. The van der Waals surface area contributed by atoms with E-state index < -0.39 is 0 Å². The summed E-state index contributed by atoms with van der Waals surface area (Å²) in [5, 5.41) is 6.42. The zero-order valence-corrected chi connectivity index (χ0v) is 16.0. The van der Waals surface area contributed by atoms with Gasteiger partial charge in [0.25, 0.3) is 0 Å². The number of nitrogens with one attached hydrogen (secondary N) is 1. The number of carbonyl (C=O) groups excluding carboxylic acids is 1. The molecule has 0 aliphatic carbocycles. The van der Waals surface area contributed by atoms with Crippen LogP contribution in [0.2, 0.25) is 10.0 Å². The van der Waals surface area contributed by atoms with E-state index >= 15 is 0 Å². The second kappa shape index (κ2) is 7.27. The van der Waals surface area contributed by atoms with Crippen molar-refractivity contribution in [2.75, 3.05) is 23.3 Å². The molecular weight excluding hydrogens is 389 g/mol. The van der Waals surface area contributed by atoms with Crippen LogP contribution >= 0.6 is 34.5 Å². The Morgan fingerprint density at radius 1 is 1.23 bits per heavy atom. The normalized spacial score (nSPS) is 12.9. The molecule has 1 amide bonds. The highest BCUT2D eigenvalue weighted by Crippen LogP contribution is 2.32. The third-order valence-electron chi connectivity index (χ3n) is 4.28. The molecule has 0 unspecified atom stereocenters. The lowest BCUT2D eigenvalue weighted by molar-refractivity contribution is -0.115. The molecule has 0 saturated heterocycles. The molecule has 0 spiro atoms. The summed E-state index contributed by atoms with van der Waals surface area (Å²) in [7, 11) is 0. The van der Waals surface area contributed by atoms with Crippen molar-refractivity contribution in [1.29, 1.82) is 0 Å². The Labute approximate surface area is 165 Å². The molecule has 7 heteroatoms. The molecule has 0 saturated carbocycles. The number of thiazole rings is 1. The summed E-state index contributed by atoms with van der Waals surface area (Å²) in [6.07, 6.45) is 0.972. The molecule has 0 fully saturated rings. The standard InChI is InChI=1S/C19H15Cl2N3OS/c20-13-5-6-14(15(21)9-13)16-11-26-19(22-16)23-18(25)10-24-8-7-12-3-1-2-4-17(12)24/h1-6,9,11H,7-8,10H2,(H,22,23,25). The van der Waals surface area contributed by atoms with Crippen molar-refractivity contribution in [2.45, 2.75) is 6.42 Å². The largest absolute Gasteiger partial charge is 0.362 e. The molecule has 0 atom stereocenters. The predicted molar refractivity (Wildman–Crippen MR) is 109 cm³/mol. The zero-order chi connectivity index (χ0) is 18.1. The van der Waals surface area contributed by atoms with Crippen molar-refractivity contribution in [2.24, 2.45) is 0 Å². The lowest BCUT2D eigenvalue weighted by atomic mass is 10.2. The SMILES string of the molecule is O=C(CN1CCc2ccccc21)Nc1nc(-c2ccc(Cl)cc2Cl)cs1. The van der Waals surface area contributed by atoms with E-state index in [2.05, 4.69) is 27.3 Å². The fourth-order valence-corrected chi connectivity index (χ4v) is 4.29. The minimum Gasteiger partial charge on any atom is -0.362 e. The van der Waals surface area contributed by atoms with Crippen LogP contribution in [0.15, 0.2) is 47.8 Å². The van der Waals surface area contributed by atoms with Crippen LogP contribution in [-0.4, -0.2) is 24.0 Å². The highest BCUT2D eigenvalue weighted by Gasteiger charge is 2.21. The quantitative estimate of drug-likeness (QED) is 0.657. The molecule has 1 aromatic heterocycles. The molecule has 1 N–H and O–H groups in total. The molecule has 2 heterocycles. The van der Waals surface area contributed by atoms with Gasteiger partial charge in [-0.1, -0.05) is 41.4 Å². The van der Waals surface area contributed by atoms with Crippen molar-refractivity contribution < 1.29 is 4.79 Å². The van der Waals surface area contributed by atoms with E-state index in [1.54, 1.807) is 12.1 Å². The number of anilines is 2. The molecule has 132 valence electrons. The van der Waals surface area contributed by atoms with E-state index in [0.717, 1.165) is 29.9 Å². The van der Waals surface area contributed by atoms with Crippen molar-refractivity contribution in [3.8, 4) is 11.3 Å². The average molecular weight is 404 g/mol. The Morgan fingerprint density at radius 2 is 2.08 bits per heavy atom. The number of carbonyl (C=O) groups is 1. The van der Waals surface area contributed by atoms with Gasteiger partial charge in [0.2, 0.25) is 5.91 Å². The number of amides is 1. The summed E-state index contributed by atoms with van der Waals surface area (Å²) in [4.78, 5) is 19.0. The van der Waals surface area contributed by atoms with E-state index in [1.165, 1.54) is 16.9 Å². The van der Waals surface area contributed by atoms with Gasteiger partial charge in [0, 0.05) is 28.2 Å². The summed E-state index contributed by atoms with van der Waals surface area (Å²) in [5.74, 6) is -0.0789. The first-order valence-electron chi connectivity index (χ1n) is 8.14. The van der Waals surface area contributed by atoms with Gasteiger partial charge < -0.3 is 10.2 Å². The zero-order valence-electron chi connectivity index (χ0n) is 13.7. The van der Waals surface area contributed by atoms with Crippen molar-refractivity contribution in [3.05, 3.63) is 63.5 Å². The highest BCUT2D eigenvalue weighted by molar-refractivity contribution is 7.14. The van der Waals surface area contributed by atoms with Gasteiger partial charge in [-0.25, -0.2) is 4.98 Å². The lowest BCUT2D eigenvalue weighted by Crippen LogP contribution is -2.31. The van der Waals surface area contributed by atoms with Gasteiger partial charge in [0.1, 0.15) is 0 Å². The molecule has 4 rings (SSSR count). The summed E-state index contributed by atoms with van der Waals surface area (Å²) in [6.45, 7) is 1.17. The molecule has 26 heavy (non-hydrogen) atoms. The van der Waals surface area contributed by atoms with Gasteiger partial charge in [-0.3, -0.25) is 4.79 Å². The van der Waals surface area contributed by atoms with Crippen LogP contribution in [0.1, 0.15) is 5.56 Å². The Hall–Kier alpha value is -2.08. The van der Waals surface area contributed by atoms with E-state index in [0.29, 0.717) is 21.7 Å². The average Bonchev–Trinajstić information content (AvgIpc) is 3.23. The smallest absolute Gasteiger partial charge is 0.245 e. The third kappa shape index (κ3) is 3.56. The number of nitrogens with zero attached hydrogens (tertiary/aromatic N) is 2. The van der Waals surface area contributed by atoms with Gasteiger partial charge in [-0.05, 0) is 36.2 Å². The van der Waals surface area contributed by atoms with Crippen LogP contribution in [0.25, 0.3) is 11.3 Å². The van der Waals surface area contributed by atoms with Crippen LogP contribution < -0.4 is 10.2 Å². The number of para-hydroxylation sites is 1. The molecule has 1 aliphatic rings. The number of aromatic nitrogens is 1. The van der Waals surface area contributed by atoms with E-state index in [4.69, 9.17) is 23.2 Å².